The number of nitrogens with zero attached hydrogens (tertiary/aromatic N) is 1. The Kier molecular flexibility index (Phi) is 5.85. The van der Waals surface area contributed by atoms with Gasteiger partial charge < -0.3 is 14.5 Å². The molecule has 27 heavy (non-hydrogen) atoms. The van der Waals surface area contributed by atoms with Crippen LogP contribution in [0.2, 0.25) is 0 Å². The molecular weight excluding hydrogens is 360 g/mol. The molecule has 3 rings (SSSR count). The van der Waals surface area contributed by atoms with Gasteiger partial charge in [-0.3, -0.25) is 4.21 Å². The van der Waals surface area contributed by atoms with Crippen molar-refractivity contribution in [2.75, 3.05) is 20.0 Å². The van der Waals surface area contributed by atoms with Gasteiger partial charge in [-0.1, -0.05) is 19.1 Å². The van der Waals surface area contributed by atoms with E-state index < -0.39 is 10.8 Å². The first-order valence-corrected chi connectivity index (χ1v) is 10.3. The number of hydrogen-bond donors (Lipinski definition) is 1. The molecule has 0 radical (unpaired) electrons. The predicted octanol–water partition coefficient (Wildman–Crippen LogP) is 4.51. The minimum atomic E-state index is -1.28. The molecule has 0 amide bonds. The number of benzene rings is 1. The lowest BCUT2D eigenvalue weighted by atomic mass is 9.94. The van der Waals surface area contributed by atoms with Crippen molar-refractivity contribution < 1.29 is 13.7 Å². The highest BCUT2D eigenvalue weighted by atomic mass is 32.2. The van der Waals surface area contributed by atoms with Crippen LogP contribution in [0.1, 0.15) is 27.2 Å². The third-order valence-electron chi connectivity index (χ3n) is 4.82. The van der Waals surface area contributed by atoms with Crippen LogP contribution < -0.4 is 4.74 Å². The molecule has 5 nitrogen and oxygen atoms in total. The van der Waals surface area contributed by atoms with Crippen LogP contribution in [-0.2, 0) is 15.5 Å². The minimum Gasteiger partial charge on any atom is -0.497 e. The zero-order valence-corrected chi connectivity index (χ0v) is 17.3. The molecule has 2 atom stereocenters. The Morgan fingerprint density at radius 1 is 1.26 bits per heavy atom. The molecule has 0 saturated heterocycles. The van der Waals surface area contributed by atoms with Crippen molar-refractivity contribution in [3.05, 3.63) is 52.8 Å². The predicted molar refractivity (Wildman–Crippen MR) is 109 cm³/mol. The maximum absolute atomic E-state index is 13.0. The fourth-order valence-corrected chi connectivity index (χ4v) is 4.56. The van der Waals surface area contributed by atoms with E-state index >= 15 is 0 Å². The van der Waals surface area contributed by atoms with Gasteiger partial charge in [0.05, 0.1) is 41.8 Å². The number of aromatic amines is 1. The monoisotopic (exact) mass is 386 g/mol. The maximum Gasteiger partial charge on any atom is 0.197 e. The molecule has 1 heterocycles. The number of rotatable bonds is 5. The summed E-state index contributed by atoms with van der Waals surface area (Å²) in [7, 11) is 2.03. The van der Waals surface area contributed by atoms with Crippen molar-refractivity contribution in [3.8, 4) is 5.75 Å². The number of aromatic nitrogens is 2. The van der Waals surface area contributed by atoms with E-state index in [1.165, 1.54) is 0 Å². The van der Waals surface area contributed by atoms with Gasteiger partial charge in [-0.25, -0.2) is 4.98 Å². The van der Waals surface area contributed by atoms with Gasteiger partial charge in [0.2, 0.25) is 0 Å². The zero-order chi connectivity index (χ0) is 19.6. The van der Waals surface area contributed by atoms with E-state index in [1.807, 2.05) is 25.1 Å². The van der Waals surface area contributed by atoms with Crippen LogP contribution in [0, 0.1) is 5.92 Å². The lowest BCUT2D eigenvalue weighted by Gasteiger charge is -2.19. The lowest BCUT2D eigenvalue weighted by Crippen LogP contribution is -2.09. The van der Waals surface area contributed by atoms with Gasteiger partial charge in [0.1, 0.15) is 11.5 Å². The summed E-state index contributed by atoms with van der Waals surface area (Å²) in [5.74, 6) is 2.41. The molecule has 0 spiro atoms. The van der Waals surface area contributed by atoms with Gasteiger partial charge in [0.25, 0.3) is 0 Å². The zero-order valence-electron chi connectivity index (χ0n) is 16.5. The van der Waals surface area contributed by atoms with Gasteiger partial charge in [-0.2, -0.15) is 0 Å². The van der Waals surface area contributed by atoms with Crippen LogP contribution in [0.25, 0.3) is 11.0 Å². The largest absolute Gasteiger partial charge is 0.497 e. The van der Waals surface area contributed by atoms with E-state index in [9.17, 15) is 4.21 Å². The number of ether oxygens (including phenoxy) is 2. The number of nitrogens with one attached hydrogen (secondary N) is 1. The topological polar surface area (TPSA) is 64.2 Å². The molecule has 0 fully saturated rings. The molecule has 1 aliphatic rings. The van der Waals surface area contributed by atoms with Crippen LogP contribution >= 0.6 is 0 Å². The van der Waals surface area contributed by atoms with E-state index in [1.54, 1.807) is 14.2 Å². The van der Waals surface area contributed by atoms with Crippen LogP contribution in [0.15, 0.2) is 58.0 Å². The summed E-state index contributed by atoms with van der Waals surface area (Å²) in [5, 5.41) is 0.480. The first-order valence-electron chi connectivity index (χ1n) is 8.98. The van der Waals surface area contributed by atoms with Gasteiger partial charge in [0.15, 0.2) is 5.16 Å². The molecule has 144 valence electrons. The fourth-order valence-electron chi connectivity index (χ4n) is 3.38. The SMILES string of the molecule is CO/C1=C(C)/C(CS(=O)c2nc3ccc(OC)cc3[nH]2)=C/CC(C)C=C1C. The Morgan fingerprint density at radius 2 is 2.04 bits per heavy atom. The van der Waals surface area contributed by atoms with Crippen molar-refractivity contribution in [3.63, 3.8) is 0 Å². The highest BCUT2D eigenvalue weighted by Crippen LogP contribution is 2.28. The number of allylic oxidation sites excluding steroid dienone is 4. The van der Waals surface area contributed by atoms with Crippen LogP contribution in [0.4, 0.5) is 0 Å². The molecule has 0 aliphatic heterocycles. The summed E-state index contributed by atoms with van der Waals surface area (Å²) >= 11 is 0. The minimum absolute atomic E-state index is 0.398. The van der Waals surface area contributed by atoms with Crippen LogP contribution in [-0.4, -0.2) is 34.1 Å². The molecule has 2 aromatic rings. The first kappa shape index (κ1) is 19.4. The van der Waals surface area contributed by atoms with Crippen LogP contribution in [0.3, 0.4) is 0 Å². The summed E-state index contributed by atoms with van der Waals surface area (Å²) in [5.41, 5.74) is 4.80. The van der Waals surface area contributed by atoms with Crippen LogP contribution in [0.5, 0.6) is 5.75 Å². The van der Waals surface area contributed by atoms with Crippen molar-refractivity contribution in [1.29, 1.82) is 0 Å². The highest BCUT2D eigenvalue weighted by Gasteiger charge is 2.18. The van der Waals surface area contributed by atoms with E-state index in [-0.39, 0.29) is 0 Å². The molecule has 1 aliphatic carbocycles. The highest BCUT2D eigenvalue weighted by molar-refractivity contribution is 7.85. The fraction of sp³-hybridized carbons (Fsp3) is 0.381. The average molecular weight is 387 g/mol. The van der Waals surface area contributed by atoms with Gasteiger partial charge >= 0.3 is 0 Å². The number of imidazole rings is 1. The number of methoxy groups -OCH3 is 2. The van der Waals surface area contributed by atoms with Crippen molar-refractivity contribution >= 4 is 21.8 Å². The van der Waals surface area contributed by atoms with E-state index in [2.05, 4.69) is 36.0 Å². The number of hydrogen-bond acceptors (Lipinski definition) is 4. The number of fused-ring (bicyclic) bond motifs is 1. The third-order valence-corrected chi connectivity index (χ3v) is 6.02. The quantitative estimate of drug-likeness (QED) is 0.821. The maximum atomic E-state index is 13.0. The van der Waals surface area contributed by atoms with Gasteiger partial charge in [-0.15, -0.1) is 0 Å². The molecule has 1 N–H and O–H groups in total. The average Bonchev–Trinajstić information content (AvgIpc) is 3.07. The van der Waals surface area contributed by atoms with E-state index in [4.69, 9.17) is 9.47 Å². The summed E-state index contributed by atoms with van der Waals surface area (Å²) in [6, 6.07) is 5.58. The molecule has 1 aromatic heterocycles. The molecule has 6 heteroatoms. The van der Waals surface area contributed by atoms with Crippen molar-refractivity contribution in [2.45, 2.75) is 32.3 Å². The Balaban J connectivity index is 1.91. The lowest BCUT2D eigenvalue weighted by molar-refractivity contribution is 0.296. The van der Waals surface area contributed by atoms with Crippen molar-refractivity contribution in [2.24, 2.45) is 5.92 Å². The molecule has 1 aromatic carbocycles. The van der Waals surface area contributed by atoms with E-state index in [0.29, 0.717) is 16.8 Å². The second kappa shape index (κ2) is 8.13. The summed E-state index contributed by atoms with van der Waals surface area (Å²) < 4.78 is 23.9. The standard InChI is InChI=1S/C21H26N2O3S/c1-13-6-7-16(15(3)20(26-5)14(2)10-13)12-27(24)21-22-18-9-8-17(25-4)11-19(18)23-21/h7-11,13H,6,12H2,1-5H3,(H,22,23)/b14-10?,16-7+,20-15+. The Morgan fingerprint density at radius 3 is 2.74 bits per heavy atom. The molecule has 0 saturated carbocycles. The summed E-state index contributed by atoms with van der Waals surface area (Å²) in [4.78, 5) is 7.66. The van der Waals surface area contributed by atoms with E-state index in [0.717, 1.165) is 45.7 Å². The van der Waals surface area contributed by atoms with Gasteiger partial charge in [-0.05, 0) is 55.0 Å². The molecule has 0 bridgehead atoms. The molecule has 2 unspecified atom stereocenters. The first-order chi connectivity index (χ1) is 12.9. The smallest absolute Gasteiger partial charge is 0.197 e. The Labute approximate surface area is 162 Å². The normalized spacial score (nSPS) is 23.8. The van der Waals surface area contributed by atoms with Crippen molar-refractivity contribution in [1.82, 2.24) is 9.97 Å². The Hall–Kier alpha value is -2.34. The summed E-state index contributed by atoms with van der Waals surface area (Å²) in [6.45, 7) is 6.26. The second-order valence-corrected chi connectivity index (χ2v) is 8.23. The Bertz CT molecular complexity index is 969. The molecular formula is C21H26N2O3S. The number of H-pyrrole nitrogens is 1. The third kappa shape index (κ3) is 4.16. The second-order valence-electron chi connectivity index (χ2n) is 6.87. The summed E-state index contributed by atoms with van der Waals surface area (Å²) in [6.07, 6.45) is 5.31. The van der Waals surface area contributed by atoms with Gasteiger partial charge in [0, 0.05) is 6.07 Å².